The number of halogens is 4. The molecule has 1 amide bonds. The van der Waals surface area contributed by atoms with Crippen LogP contribution < -0.4 is 10.2 Å². The minimum atomic E-state index is -0.154. The number of hydrazone groups is 1. The van der Waals surface area contributed by atoms with E-state index < -0.39 is 0 Å². The van der Waals surface area contributed by atoms with Gasteiger partial charge in [0.1, 0.15) is 12.4 Å². The van der Waals surface area contributed by atoms with Crippen molar-refractivity contribution in [2.45, 2.75) is 26.9 Å². The monoisotopic (exact) mass is 692 g/mol. The summed E-state index contributed by atoms with van der Waals surface area (Å²) < 4.78 is 7.87. The molecule has 0 aromatic heterocycles. The SMILES string of the molecule is Cc1ccc(C)c(CC(=O)N/N=C/c2cc(I)c(OCc3ccc(Cl)cc3Cl)c(I)c2)c1. The molecule has 1 N–H and O–H groups in total. The van der Waals surface area contributed by atoms with Gasteiger partial charge in [-0.3, -0.25) is 4.79 Å². The number of aryl methyl sites for hydroxylation is 2. The van der Waals surface area contributed by atoms with Crippen LogP contribution in [0.3, 0.4) is 0 Å². The molecule has 32 heavy (non-hydrogen) atoms. The van der Waals surface area contributed by atoms with Gasteiger partial charge in [-0.15, -0.1) is 0 Å². The Morgan fingerprint density at radius 2 is 1.75 bits per heavy atom. The van der Waals surface area contributed by atoms with E-state index in [0.29, 0.717) is 23.1 Å². The molecule has 0 spiro atoms. The number of hydrogen-bond acceptors (Lipinski definition) is 3. The summed E-state index contributed by atoms with van der Waals surface area (Å²) >= 11 is 16.6. The number of rotatable bonds is 7. The van der Waals surface area contributed by atoms with Gasteiger partial charge in [0, 0.05) is 15.6 Å². The Hall–Kier alpha value is -1.36. The maximum Gasteiger partial charge on any atom is 0.244 e. The highest BCUT2D eigenvalue weighted by Gasteiger charge is 2.11. The lowest BCUT2D eigenvalue weighted by molar-refractivity contribution is -0.120. The topological polar surface area (TPSA) is 50.7 Å². The minimum absolute atomic E-state index is 0.154. The first kappa shape index (κ1) is 25.3. The highest BCUT2D eigenvalue weighted by atomic mass is 127. The molecule has 3 aromatic carbocycles. The molecule has 0 radical (unpaired) electrons. The zero-order valence-corrected chi connectivity index (χ0v) is 23.2. The minimum Gasteiger partial charge on any atom is -0.487 e. The average Bonchev–Trinajstić information content (AvgIpc) is 2.71. The Morgan fingerprint density at radius 1 is 1.03 bits per heavy atom. The zero-order chi connectivity index (χ0) is 23.3. The number of nitrogens with one attached hydrogen (secondary N) is 1. The Labute approximate surface area is 225 Å². The third-order valence-electron chi connectivity index (χ3n) is 4.67. The third kappa shape index (κ3) is 7.07. The largest absolute Gasteiger partial charge is 0.487 e. The standard InChI is InChI=1S/C24H20Cl2I2N2O2/c1-14-3-4-15(2)18(7-14)10-23(31)30-29-12-16-8-21(27)24(22(28)9-16)32-13-17-5-6-19(25)11-20(17)26/h3-9,11-12H,10,13H2,1-2H3,(H,30,31)/b29-12+. The van der Waals surface area contributed by atoms with E-state index in [-0.39, 0.29) is 5.91 Å². The summed E-state index contributed by atoms with van der Waals surface area (Å²) in [5, 5.41) is 5.28. The quantitative estimate of drug-likeness (QED) is 0.163. The molecule has 4 nitrogen and oxygen atoms in total. The lowest BCUT2D eigenvalue weighted by atomic mass is 10.0. The van der Waals surface area contributed by atoms with Gasteiger partial charge in [0.15, 0.2) is 0 Å². The molecule has 0 unspecified atom stereocenters. The van der Waals surface area contributed by atoms with E-state index >= 15 is 0 Å². The lowest BCUT2D eigenvalue weighted by Gasteiger charge is -2.12. The van der Waals surface area contributed by atoms with Crippen molar-refractivity contribution in [3.63, 3.8) is 0 Å². The van der Waals surface area contributed by atoms with Crippen LogP contribution in [0.4, 0.5) is 0 Å². The van der Waals surface area contributed by atoms with Gasteiger partial charge in [-0.1, -0.05) is 53.0 Å². The molecular weight excluding hydrogens is 673 g/mol. The van der Waals surface area contributed by atoms with E-state index in [0.717, 1.165) is 40.7 Å². The van der Waals surface area contributed by atoms with Gasteiger partial charge in [0.05, 0.1) is 19.8 Å². The van der Waals surface area contributed by atoms with E-state index in [4.69, 9.17) is 27.9 Å². The smallest absolute Gasteiger partial charge is 0.244 e. The molecule has 0 atom stereocenters. The first-order chi connectivity index (χ1) is 15.2. The number of amides is 1. The van der Waals surface area contributed by atoms with Gasteiger partial charge in [-0.25, -0.2) is 5.43 Å². The fraction of sp³-hybridized carbons (Fsp3) is 0.167. The molecule has 0 aliphatic rings. The van der Waals surface area contributed by atoms with Crippen molar-refractivity contribution < 1.29 is 9.53 Å². The van der Waals surface area contributed by atoms with E-state index in [1.165, 1.54) is 0 Å². The maximum atomic E-state index is 12.3. The predicted molar refractivity (Wildman–Crippen MR) is 148 cm³/mol. The Kier molecular flexibility index (Phi) is 9.22. The second-order valence-corrected chi connectivity index (χ2v) is 10.4. The predicted octanol–water partition coefficient (Wildman–Crippen LogP) is 7.09. The van der Waals surface area contributed by atoms with Gasteiger partial charge < -0.3 is 4.74 Å². The number of nitrogens with zero attached hydrogens (tertiary/aromatic N) is 1. The second kappa shape index (κ2) is 11.7. The number of hydrogen-bond donors (Lipinski definition) is 1. The molecule has 0 saturated heterocycles. The van der Waals surface area contributed by atoms with Gasteiger partial charge in [-0.2, -0.15) is 5.10 Å². The summed E-state index contributed by atoms with van der Waals surface area (Å²) in [6, 6.07) is 15.3. The van der Waals surface area contributed by atoms with E-state index in [9.17, 15) is 4.79 Å². The Morgan fingerprint density at radius 3 is 2.44 bits per heavy atom. The summed E-state index contributed by atoms with van der Waals surface area (Å²) in [5.41, 5.74) is 7.56. The van der Waals surface area contributed by atoms with Gasteiger partial charge >= 0.3 is 0 Å². The van der Waals surface area contributed by atoms with Crippen molar-refractivity contribution in [2.24, 2.45) is 5.10 Å². The lowest BCUT2D eigenvalue weighted by Crippen LogP contribution is -2.20. The Bertz CT molecular complexity index is 1160. The summed E-state index contributed by atoms with van der Waals surface area (Å²) in [6.07, 6.45) is 1.92. The van der Waals surface area contributed by atoms with Crippen LogP contribution in [-0.2, 0) is 17.8 Å². The van der Waals surface area contributed by atoms with Crippen molar-refractivity contribution >= 4 is 80.5 Å². The molecule has 0 heterocycles. The number of benzene rings is 3. The van der Waals surface area contributed by atoms with Crippen molar-refractivity contribution in [3.8, 4) is 5.75 Å². The molecule has 8 heteroatoms. The molecule has 0 bridgehead atoms. The normalized spacial score (nSPS) is 11.1. The highest BCUT2D eigenvalue weighted by Crippen LogP contribution is 2.30. The van der Waals surface area contributed by atoms with Crippen LogP contribution in [0.2, 0.25) is 10.0 Å². The van der Waals surface area contributed by atoms with Crippen LogP contribution in [0.25, 0.3) is 0 Å². The number of carbonyl (C=O) groups excluding carboxylic acids is 1. The summed E-state index contributed by atoms with van der Waals surface area (Å²) in [5.74, 6) is 0.618. The van der Waals surface area contributed by atoms with Crippen LogP contribution in [0.15, 0.2) is 53.6 Å². The van der Waals surface area contributed by atoms with Gasteiger partial charge in [0.2, 0.25) is 5.91 Å². The van der Waals surface area contributed by atoms with Crippen LogP contribution >= 0.6 is 68.4 Å². The first-order valence-electron chi connectivity index (χ1n) is 9.66. The molecule has 166 valence electrons. The van der Waals surface area contributed by atoms with Crippen molar-refractivity contribution in [3.05, 3.63) is 93.5 Å². The molecular formula is C24H20Cl2I2N2O2. The summed E-state index contributed by atoms with van der Waals surface area (Å²) in [4.78, 5) is 12.3. The molecule has 0 fully saturated rings. The molecule has 0 saturated carbocycles. The fourth-order valence-electron chi connectivity index (χ4n) is 2.96. The van der Waals surface area contributed by atoms with Crippen LogP contribution in [0.5, 0.6) is 5.75 Å². The summed E-state index contributed by atoms with van der Waals surface area (Å²) in [7, 11) is 0. The fourth-order valence-corrected chi connectivity index (χ4v) is 5.55. The highest BCUT2D eigenvalue weighted by molar-refractivity contribution is 14.1. The van der Waals surface area contributed by atoms with Crippen LogP contribution in [0, 0.1) is 21.0 Å². The number of ether oxygens (including phenoxy) is 1. The molecule has 3 aromatic rings. The zero-order valence-electron chi connectivity index (χ0n) is 17.4. The van der Waals surface area contributed by atoms with E-state index in [2.05, 4.69) is 55.7 Å². The van der Waals surface area contributed by atoms with Gasteiger partial charge in [0.25, 0.3) is 0 Å². The van der Waals surface area contributed by atoms with Crippen LogP contribution in [-0.4, -0.2) is 12.1 Å². The van der Waals surface area contributed by atoms with Crippen molar-refractivity contribution in [1.29, 1.82) is 0 Å². The molecule has 0 aliphatic carbocycles. The van der Waals surface area contributed by atoms with Crippen LogP contribution in [0.1, 0.15) is 27.8 Å². The molecule has 3 rings (SSSR count). The van der Waals surface area contributed by atoms with Crippen molar-refractivity contribution in [2.75, 3.05) is 0 Å². The van der Waals surface area contributed by atoms with E-state index in [1.54, 1.807) is 18.3 Å². The second-order valence-electron chi connectivity index (χ2n) is 7.24. The Balaban J connectivity index is 1.62. The molecule has 0 aliphatic heterocycles. The summed E-state index contributed by atoms with van der Waals surface area (Å²) in [6.45, 7) is 4.35. The van der Waals surface area contributed by atoms with Crippen molar-refractivity contribution in [1.82, 2.24) is 5.43 Å². The third-order valence-corrected chi connectivity index (χ3v) is 6.86. The number of carbonyl (C=O) groups is 1. The average molecular weight is 693 g/mol. The first-order valence-corrected chi connectivity index (χ1v) is 12.6. The maximum absolute atomic E-state index is 12.3. The van der Waals surface area contributed by atoms with Gasteiger partial charge in [-0.05, 0) is 100.0 Å². The van der Waals surface area contributed by atoms with E-state index in [1.807, 2.05) is 50.2 Å².